The van der Waals surface area contributed by atoms with Gasteiger partial charge in [-0.05, 0) is 12.8 Å². The van der Waals surface area contributed by atoms with E-state index in [4.69, 9.17) is 0 Å². The fourth-order valence-electron chi connectivity index (χ4n) is 1.91. The summed E-state index contributed by atoms with van der Waals surface area (Å²) in [5.74, 6) is -0.0845. The van der Waals surface area contributed by atoms with Crippen LogP contribution in [-0.4, -0.2) is 56.3 Å². The lowest BCUT2D eigenvalue weighted by atomic mass is 9.93. The number of hydrogen-bond donors (Lipinski definition) is 2. The molecule has 18 heavy (non-hydrogen) atoms. The van der Waals surface area contributed by atoms with Crippen LogP contribution in [-0.2, 0) is 15.6 Å². The number of carboxylic acids is 1. The number of carbonyl (C=O) groups is 2. The van der Waals surface area contributed by atoms with E-state index in [-0.39, 0.29) is 6.03 Å². The molecule has 1 rings (SSSR count). The normalized spacial score (nSPS) is 17.6. The van der Waals surface area contributed by atoms with Crippen molar-refractivity contribution >= 4 is 22.8 Å². The summed E-state index contributed by atoms with van der Waals surface area (Å²) in [6.07, 6.45) is 0.675. The first-order valence-corrected chi connectivity index (χ1v) is 7.59. The quantitative estimate of drug-likeness (QED) is 0.778. The second-order valence-corrected chi connectivity index (χ2v) is 6.06. The van der Waals surface area contributed by atoms with E-state index in [0.717, 1.165) is 0 Å². The molecule has 2 N–H and O–H groups in total. The van der Waals surface area contributed by atoms with Crippen LogP contribution in [0.15, 0.2) is 0 Å². The first-order valence-electron chi connectivity index (χ1n) is 6.10. The Kier molecular flexibility index (Phi) is 5.13. The van der Waals surface area contributed by atoms with Crippen LogP contribution in [0.3, 0.4) is 0 Å². The minimum atomic E-state index is -1.20. The summed E-state index contributed by atoms with van der Waals surface area (Å²) in [6.45, 7) is 4.31. The molecule has 0 saturated carbocycles. The molecule has 0 aromatic carbocycles. The van der Waals surface area contributed by atoms with E-state index in [0.29, 0.717) is 37.4 Å². The van der Waals surface area contributed by atoms with Crippen LogP contribution >= 0.6 is 0 Å². The molecule has 6 nitrogen and oxygen atoms in total. The van der Waals surface area contributed by atoms with Gasteiger partial charge in [0.15, 0.2) is 0 Å². The topological polar surface area (TPSA) is 86.7 Å². The average molecular weight is 276 g/mol. The first-order chi connectivity index (χ1) is 8.45. The minimum Gasteiger partial charge on any atom is -0.480 e. The van der Waals surface area contributed by atoms with Crippen molar-refractivity contribution in [2.75, 3.05) is 24.6 Å². The third-order valence-electron chi connectivity index (χ3n) is 3.43. The lowest BCUT2D eigenvalue weighted by Gasteiger charge is -2.33. The predicted molar refractivity (Wildman–Crippen MR) is 68.9 cm³/mol. The molecule has 1 saturated heterocycles. The van der Waals surface area contributed by atoms with Gasteiger partial charge in [-0.3, -0.25) is 4.21 Å². The molecule has 0 aliphatic carbocycles. The van der Waals surface area contributed by atoms with Crippen LogP contribution in [0, 0.1) is 0 Å². The van der Waals surface area contributed by atoms with Gasteiger partial charge in [-0.15, -0.1) is 0 Å². The molecule has 7 heteroatoms. The molecule has 1 fully saturated rings. The highest BCUT2D eigenvalue weighted by Crippen LogP contribution is 2.16. The maximum atomic E-state index is 12.0. The average Bonchev–Trinajstić information content (AvgIpc) is 2.36. The van der Waals surface area contributed by atoms with Gasteiger partial charge in [0.05, 0.1) is 0 Å². The van der Waals surface area contributed by atoms with Gasteiger partial charge in [-0.2, -0.15) is 0 Å². The monoisotopic (exact) mass is 276 g/mol. The van der Waals surface area contributed by atoms with Gasteiger partial charge in [0.2, 0.25) is 0 Å². The summed E-state index contributed by atoms with van der Waals surface area (Å²) >= 11 is 0. The van der Waals surface area contributed by atoms with E-state index < -0.39 is 22.3 Å². The summed E-state index contributed by atoms with van der Waals surface area (Å²) in [5, 5.41) is 11.8. The fraction of sp³-hybridized carbons (Fsp3) is 0.818. The van der Waals surface area contributed by atoms with Crippen molar-refractivity contribution in [1.29, 1.82) is 0 Å². The molecule has 1 aliphatic rings. The van der Waals surface area contributed by atoms with Gasteiger partial charge in [0, 0.05) is 35.4 Å². The highest BCUT2D eigenvalue weighted by atomic mass is 32.2. The van der Waals surface area contributed by atoms with Crippen LogP contribution in [0.25, 0.3) is 0 Å². The first kappa shape index (κ1) is 14.9. The van der Waals surface area contributed by atoms with Crippen molar-refractivity contribution < 1.29 is 18.9 Å². The Bertz CT molecular complexity index is 345. The number of amides is 2. The summed E-state index contributed by atoms with van der Waals surface area (Å²) in [5.41, 5.74) is -1.20. The molecule has 0 aromatic heterocycles. The lowest BCUT2D eigenvalue weighted by Crippen LogP contribution is -2.58. The third-order valence-corrected chi connectivity index (χ3v) is 4.70. The number of carboxylic acid groups (broad SMARTS) is 1. The number of nitrogens with one attached hydrogen (secondary N) is 1. The maximum Gasteiger partial charge on any atom is 0.329 e. The van der Waals surface area contributed by atoms with E-state index in [9.17, 15) is 18.9 Å². The molecule has 0 spiro atoms. The highest BCUT2D eigenvalue weighted by Gasteiger charge is 2.37. The summed E-state index contributed by atoms with van der Waals surface area (Å²) in [6, 6.07) is -0.377. The van der Waals surface area contributed by atoms with Gasteiger partial charge in [0.25, 0.3) is 0 Å². The Morgan fingerprint density at radius 1 is 1.28 bits per heavy atom. The number of rotatable bonds is 4. The Labute approximate surface area is 109 Å². The Morgan fingerprint density at radius 2 is 1.78 bits per heavy atom. The molecule has 104 valence electrons. The van der Waals surface area contributed by atoms with Crippen LogP contribution in [0.4, 0.5) is 4.79 Å². The predicted octanol–water partition coefficient (Wildman–Crippen LogP) is 0.404. The molecule has 0 bridgehead atoms. The Hall–Kier alpha value is -1.11. The molecule has 0 radical (unpaired) electrons. The zero-order valence-corrected chi connectivity index (χ0v) is 11.6. The second-order valence-electron chi connectivity index (χ2n) is 4.36. The zero-order chi connectivity index (χ0) is 13.8. The summed E-state index contributed by atoms with van der Waals surface area (Å²) < 4.78 is 11.2. The van der Waals surface area contributed by atoms with Crippen molar-refractivity contribution in [3.8, 4) is 0 Å². The van der Waals surface area contributed by atoms with E-state index >= 15 is 0 Å². The maximum absolute atomic E-state index is 12.0. The van der Waals surface area contributed by atoms with E-state index in [1.807, 2.05) is 0 Å². The second kappa shape index (κ2) is 6.17. The molecule has 0 unspecified atom stereocenters. The molecule has 1 heterocycles. The zero-order valence-electron chi connectivity index (χ0n) is 10.8. The van der Waals surface area contributed by atoms with E-state index in [1.54, 1.807) is 13.8 Å². The van der Waals surface area contributed by atoms with Gasteiger partial charge in [-0.1, -0.05) is 13.8 Å². The lowest BCUT2D eigenvalue weighted by molar-refractivity contribution is -0.144. The molecular weight excluding hydrogens is 256 g/mol. The summed E-state index contributed by atoms with van der Waals surface area (Å²) in [4.78, 5) is 24.8. The van der Waals surface area contributed by atoms with E-state index in [2.05, 4.69) is 5.32 Å². The minimum absolute atomic E-state index is 0.338. The van der Waals surface area contributed by atoms with Crippen LogP contribution < -0.4 is 5.32 Å². The fourth-order valence-corrected chi connectivity index (χ4v) is 2.96. The van der Waals surface area contributed by atoms with Gasteiger partial charge in [-0.25, -0.2) is 9.59 Å². The Morgan fingerprint density at radius 3 is 2.17 bits per heavy atom. The number of carbonyl (C=O) groups excluding carboxylic acids is 1. The molecule has 0 aromatic rings. The molecule has 1 aliphatic heterocycles. The van der Waals surface area contributed by atoms with Gasteiger partial charge < -0.3 is 15.3 Å². The van der Waals surface area contributed by atoms with Crippen molar-refractivity contribution in [1.82, 2.24) is 10.2 Å². The number of aliphatic carboxylic acids is 1. The molecule has 0 atom stereocenters. The van der Waals surface area contributed by atoms with E-state index in [1.165, 1.54) is 4.90 Å². The van der Waals surface area contributed by atoms with Crippen molar-refractivity contribution in [2.45, 2.75) is 32.2 Å². The molecule has 2 amide bonds. The van der Waals surface area contributed by atoms with Crippen LogP contribution in [0.1, 0.15) is 26.7 Å². The highest BCUT2D eigenvalue weighted by molar-refractivity contribution is 7.85. The Balaban J connectivity index is 2.67. The largest absolute Gasteiger partial charge is 0.480 e. The number of nitrogens with zero attached hydrogens (tertiary/aromatic N) is 1. The van der Waals surface area contributed by atoms with Crippen molar-refractivity contribution in [3.63, 3.8) is 0 Å². The molecular formula is C11H20N2O4S. The van der Waals surface area contributed by atoms with Crippen molar-refractivity contribution in [2.24, 2.45) is 0 Å². The van der Waals surface area contributed by atoms with Gasteiger partial charge in [0.1, 0.15) is 5.54 Å². The smallest absolute Gasteiger partial charge is 0.329 e. The van der Waals surface area contributed by atoms with Gasteiger partial charge >= 0.3 is 12.0 Å². The third kappa shape index (κ3) is 3.22. The standard InChI is InChI=1S/C11H20N2O4S/c1-3-11(4-2,9(14)15)12-10(16)13-5-7-18(17)8-6-13/h3-8H2,1-2H3,(H,12,16)(H,14,15). The van der Waals surface area contributed by atoms with Crippen molar-refractivity contribution in [3.05, 3.63) is 0 Å². The SMILES string of the molecule is CCC(CC)(NC(=O)N1CCS(=O)CC1)C(=O)O. The van der Waals surface area contributed by atoms with Crippen LogP contribution in [0.2, 0.25) is 0 Å². The van der Waals surface area contributed by atoms with Crippen LogP contribution in [0.5, 0.6) is 0 Å². The number of urea groups is 1. The summed E-state index contributed by atoms with van der Waals surface area (Å²) in [7, 11) is -0.851. The number of hydrogen-bond acceptors (Lipinski definition) is 3.